The van der Waals surface area contributed by atoms with Gasteiger partial charge in [0.1, 0.15) is 0 Å². The van der Waals surface area contributed by atoms with Gasteiger partial charge in [-0.1, -0.05) is 102 Å². The van der Waals surface area contributed by atoms with Crippen molar-refractivity contribution in [3.05, 3.63) is 82.1 Å². The smallest absolute Gasteiger partial charge is 0.163 e. The van der Waals surface area contributed by atoms with Crippen LogP contribution in [0.1, 0.15) is 144 Å². The normalized spacial score (nSPS) is 17.4. The van der Waals surface area contributed by atoms with Gasteiger partial charge >= 0.3 is 0 Å². The van der Waals surface area contributed by atoms with Crippen LogP contribution in [0.4, 0.5) is 0 Å². The van der Waals surface area contributed by atoms with Gasteiger partial charge in [0.05, 0.1) is 5.71 Å². The lowest BCUT2D eigenvalue weighted by Crippen LogP contribution is -2.04. The first-order valence-electron chi connectivity index (χ1n) is 16.2. The van der Waals surface area contributed by atoms with Gasteiger partial charge in [0.15, 0.2) is 5.78 Å². The van der Waals surface area contributed by atoms with Crippen molar-refractivity contribution in [1.29, 1.82) is 0 Å². The van der Waals surface area contributed by atoms with Gasteiger partial charge in [0, 0.05) is 23.7 Å². The Labute approximate surface area is 244 Å². The van der Waals surface area contributed by atoms with Crippen LogP contribution in [0.5, 0.6) is 0 Å². The number of aryl methyl sites for hydroxylation is 1. The summed E-state index contributed by atoms with van der Waals surface area (Å²) in [6.45, 7) is 11.0. The maximum atomic E-state index is 12.7. The average molecular weight is 538 g/mol. The highest BCUT2D eigenvalue weighted by Gasteiger charge is 2.29. The molecule has 2 heteroatoms. The molecule has 0 saturated heterocycles. The lowest BCUT2D eigenvalue weighted by atomic mass is 9.84. The number of rotatable bonds is 13. The molecule has 2 aromatic rings. The first kappa shape index (κ1) is 30.2. The largest absolute Gasteiger partial charge is 0.294 e. The van der Waals surface area contributed by atoms with Gasteiger partial charge in [-0.2, -0.15) is 0 Å². The van der Waals surface area contributed by atoms with Crippen LogP contribution in [0, 0.1) is 5.92 Å². The molecule has 214 valence electrons. The Bertz CT molecular complexity index is 1260. The number of allylic oxidation sites excluding steroid dienone is 3. The molecule has 0 spiro atoms. The Balaban J connectivity index is 1.70. The highest BCUT2D eigenvalue weighted by atomic mass is 16.1. The number of benzene rings is 2. The third kappa shape index (κ3) is 7.31. The zero-order valence-corrected chi connectivity index (χ0v) is 25.8. The van der Waals surface area contributed by atoms with Crippen molar-refractivity contribution in [2.75, 3.05) is 0 Å². The fourth-order valence-corrected chi connectivity index (χ4v) is 6.72. The van der Waals surface area contributed by atoms with Crippen LogP contribution in [0.2, 0.25) is 0 Å². The van der Waals surface area contributed by atoms with Gasteiger partial charge in [-0.3, -0.25) is 9.79 Å². The van der Waals surface area contributed by atoms with E-state index in [0.717, 1.165) is 42.0 Å². The van der Waals surface area contributed by atoms with E-state index in [9.17, 15) is 4.79 Å². The molecule has 2 aliphatic rings. The molecule has 2 atom stereocenters. The molecule has 0 amide bonds. The number of carbonyl (C=O) groups is 1. The topological polar surface area (TPSA) is 29.4 Å². The van der Waals surface area contributed by atoms with E-state index < -0.39 is 0 Å². The number of nitrogens with zero attached hydrogens (tertiary/aromatic N) is 1. The lowest BCUT2D eigenvalue weighted by molar-refractivity contribution is 0.0994. The molecule has 0 N–H and O–H groups in total. The number of hydrogen-bond donors (Lipinski definition) is 0. The van der Waals surface area contributed by atoms with E-state index in [0.29, 0.717) is 18.1 Å². The minimum absolute atomic E-state index is 0.307. The molecule has 0 aliphatic heterocycles. The second-order valence-electron chi connectivity index (χ2n) is 12.3. The molecule has 4 rings (SSSR count). The summed E-state index contributed by atoms with van der Waals surface area (Å²) in [4.78, 5) is 17.6. The molecule has 0 heterocycles. The second kappa shape index (κ2) is 14.8. The van der Waals surface area contributed by atoms with E-state index in [1.165, 1.54) is 91.2 Å². The van der Waals surface area contributed by atoms with E-state index in [-0.39, 0.29) is 0 Å². The minimum atomic E-state index is 0.307. The van der Waals surface area contributed by atoms with Crippen molar-refractivity contribution in [2.24, 2.45) is 10.9 Å². The van der Waals surface area contributed by atoms with Crippen molar-refractivity contribution in [2.45, 2.75) is 124 Å². The van der Waals surface area contributed by atoms with Gasteiger partial charge in [0.25, 0.3) is 0 Å². The summed E-state index contributed by atoms with van der Waals surface area (Å²) >= 11 is 0. The molecule has 0 radical (unpaired) electrons. The number of fused-ring (bicyclic) bond motifs is 5. The van der Waals surface area contributed by atoms with E-state index in [1.807, 2.05) is 6.20 Å². The second-order valence-corrected chi connectivity index (χ2v) is 12.3. The molecule has 40 heavy (non-hydrogen) atoms. The van der Waals surface area contributed by atoms with Crippen LogP contribution < -0.4 is 0 Å². The fraction of sp³-hybridized carbons (Fsp3) is 0.526. The third-order valence-corrected chi connectivity index (χ3v) is 9.05. The third-order valence-electron chi connectivity index (χ3n) is 9.05. The first-order valence-corrected chi connectivity index (χ1v) is 16.2. The van der Waals surface area contributed by atoms with E-state index in [2.05, 4.69) is 77.1 Å². The van der Waals surface area contributed by atoms with Crippen molar-refractivity contribution in [3.8, 4) is 11.1 Å². The van der Waals surface area contributed by atoms with Crippen LogP contribution in [0.25, 0.3) is 11.1 Å². The highest BCUT2D eigenvalue weighted by Crippen LogP contribution is 2.45. The monoisotopic (exact) mass is 537 g/mol. The van der Waals surface area contributed by atoms with E-state index >= 15 is 0 Å². The summed E-state index contributed by atoms with van der Waals surface area (Å²) in [7, 11) is 0. The molecule has 0 aromatic heterocycles. The van der Waals surface area contributed by atoms with Gasteiger partial charge in [-0.15, -0.1) is 0 Å². The fourth-order valence-electron chi connectivity index (χ4n) is 6.72. The predicted molar refractivity (Wildman–Crippen MR) is 173 cm³/mol. The maximum absolute atomic E-state index is 12.7. The van der Waals surface area contributed by atoms with Gasteiger partial charge in [-0.25, -0.2) is 0 Å². The molecule has 0 fully saturated rings. The van der Waals surface area contributed by atoms with Crippen LogP contribution in [0.3, 0.4) is 0 Å². The zero-order chi connectivity index (χ0) is 28.5. The summed E-state index contributed by atoms with van der Waals surface area (Å²) in [5.74, 6) is 1.76. The molecule has 2 unspecified atom stereocenters. The van der Waals surface area contributed by atoms with Gasteiger partial charge < -0.3 is 0 Å². The number of Topliss-reactive ketones (excluding diaryl/α,β-unsaturated/α-hetero) is 1. The number of aliphatic imine (C=N–C) groups is 1. The summed E-state index contributed by atoms with van der Waals surface area (Å²) < 4.78 is 0. The van der Waals surface area contributed by atoms with Crippen LogP contribution in [-0.2, 0) is 12.8 Å². The SMILES string of the molecule is CC/C=C/C(=NC=C(C)C)c1ccc2c(c1)-c1c(ccc3c1CCC3=O)CCC2CCCCC(CC)CCCC. The Morgan fingerprint density at radius 1 is 0.975 bits per heavy atom. The molecule has 2 aliphatic carbocycles. The number of ketones is 1. The van der Waals surface area contributed by atoms with Crippen LogP contribution in [0.15, 0.2) is 59.2 Å². The minimum Gasteiger partial charge on any atom is -0.294 e. The van der Waals surface area contributed by atoms with Gasteiger partial charge in [0.2, 0.25) is 0 Å². The summed E-state index contributed by atoms with van der Waals surface area (Å²) in [6.07, 6.45) is 21.8. The van der Waals surface area contributed by atoms with E-state index in [4.69, 9.17) is 4.99 Å². The molecular formula is C38H51NO. The molecule has 2 nitrogen and oxygen atoms in total. The summed E-state index contributed by atoms with van der Waals surface area (Å²) in [5.41, 5.74) is 11.2. The van der Waals surface area contributed by atoms with Crippen molar-refractivity contribution in [3.63, 3.8) is 0 Å². The number of unbranched alkanes of at least 4 members (excludes halogenated alkanes) is 2. The maximum Gasteiger partial charge on any atom is 0.163 e. The Kier molecular flexibility index (Phi) is 11.2. The Morgan fingerprint density at radius 3 is 2.55 bits per heavy atom. The summed E-state index contributed by atoms with van der Waals surface area (Å²) in [6, 6.07) is 11.4. The Morgan fingerprint density at radius 2 is 1.80 bits per heavy atom. The molecule has 0 saturated carbocycles. The van der Waals surface area contributed by atoms with Crippen molar-refractivity contribution >= 4 is 11.5 Å². The van der Waals surface area contributed by atoms with Gasteiger partial charge in [-0.05, 0) is 97.7 Å². The van der Waals surface area contributed by atoms with Crippen molar-refractivity contribution in [1.82, 2.24) is 0 Å². The predicted octanol–water partition coefficient (Wildman–Crippen LogP) is 11.0. The van der Waals surface area contributed by atoms with Crippen molar-refractivity contribution < 1.29 is 4.79 Å². The zero-order valence-electron chi connectivity index (χ0n) is 25.8. The van der Waals surface area contributed by atoms with E-state index in [1.54, 1.807) is 0 Å². The summed E-state index contributed by atoms with van der Waals surface area (Å²) in [5, 5.41) is 0. The molecule has 2 aromatic carbocycles. The standard InChI is InChI=1S/C38H51NO/c1-6-9-13-28(8-3)14-11-12-15-29-17-18-30-19-22-33-34(23-24-37(33)40)38(30)35-25-31(20-21-32(29)35)36(16-10-7-2)39-26-27(4)5/h10,16,19-22,25-26,28-29H,6-9,11-15,17-18,23-24H2,1-5H3/b16-10+,39-36?. The molecule has 0 bridgehead atoms. The quantitative estimate of drug-likeness (QED) is 0.184. The number of carbonyl (C=O) groups excluding carboxylic acids is 1. The number of hydrogen-bond acceptors (Lipinski definition) is 2. The Hall–Kier alpha value is -2.74. The van der Waals surface area contributed by atoms with Crippen LogP contribution >= 0.6 is 0 Å². The van der Waals surface area contributed by atoms with Crippen LogP contribution in [-0.4, -0.2) is 11.5 Å². The average Bonchev–Trinajstić information content (AvgIpc) is 3.26. The molecular weight excluding hydrogens is 486 g/mol. The first-order chi connectivity index (χ1) is 19.5. The highest BCUT2D eigenvalue weighted by molar-refractivity contribution is 6.10. The lowest BCUT2D eigenvalue weighted by Gasteiger charge is -2.21.